The number of rotatable bonds is 5. The Labute approximate surface area is 140 Å². The summed E-state index contributed by atoms with van der Waals surface area (Å²) < 4.78 is 1.14. The Morgan fingerprint density at radius 3 is 2.24 bits per heavy atom. The van der Waals surface area contributed by atoms with E-state index in [2.05, 4.69) is 71.5 Å². The minimum absolute atomic E-state index is 0.167. The van der Waals surface area contributed by atoms with Gasteiger partial charge < -0.3 is 5.32 Å². The van der Waals surface area contributed by atoms with Gasteiger partial charge in [-0.25, -0.2) is 0 Å². The van der Waals surface area contributed by atoms with Gasteiger partial charge >= 0.3 is 0 Å². The number of hydrogen-bond donors (Lipinski definition) is 1. The molecular formula is C18H21BrClN. The van der Waals surface area contributed by atoms with Crippen LogP contribution in [0.1, 0.15) is 41.6 Å². The van der Waals surface area contributed by atoms with Gasteiger partial charge in [-0.2, -0.15) is 0 Å². The van der Waals surface area contributed by atoms with E-state index in [1.807, 2.05) is 6.92 Å². The molecule has 0 aliphatic rings. The summed E-state index contributed by atoms with van der Waals surface area (Å²) in [5.74, 6) is 0. The molecule has 2 aromatic carbocycles. The van der Waals surface area contributed by atoms with Crippen LogP contribution in [-0.4, -0.2) is 6.54 Å². The molecular weight excluding hydrogens is 346 g/mol. The zero-order chi connectivity index (χ0) is 15.4. The summed E-state index contributed by atoms with van der Waals surface area (Å²) in [6, 6.07) is 13.0. The molecule has 0 saturated carbocycles. The average Bonchev–Trinajstić information content (AvgIpc) is 2.46. The zero-order valence-corrected chi connectivity index (χ0v) is 15.1. The van der Waals surface area contributed by atoms with Crippen molar-refractivity contribution in [3.8, 4) is 0 Å². The Kier molecular flexibility index (Phi) is 5.86. The van der Waals surface area contributed by atoms with Gasteiger partial charge in [0, 0.05) is 9.50 Å². The van der Waals surface area contributed by atoms with Crippen molar-refractivity contribution in [2.75, 3.05) is 6.54 Å². The highest BCUT2D eigenvalue weighted by molar-refractivity contribution is 9.10. The molecule has 21 heavy (non-hydrogen) atoms. The fourth-order valence-electron chi connectivity index (χ4n) is 2.29. The molecule has 1 atom stereocenters. The summed E-state index contributed by atoms with van der Waals surface area (Å²) >= 11 is 9.93. The molecule has 0 fully saturated rings. The average molecular weight is 367 g/mol. The number of aryl methyl sites for hydroxylation is 2. The van der Waals surface area contributed by atoms with Crippen LogP contribution in [0.25, 0.3) is 0 Å². The van der Waals surface area contributed by atoms with Gasteiger partial charge in [-0.1, -0.05) is 58.7 Å². The summed E-state index contributed by atoms with van der Waals surface area (Å²) in [7, 11) is 0. The molecule has 112 valence electrons. The molecule has 0 aliphatic carbocycles. The summed E-state index contributed by atoms with van der Waals surface area (Å²) in [6.45, 7) is 7.28. The van der Waals surface area contributed by atoms with E-state index in [0.29, 0.717) is 0 Å². The van der Waals surface area contributed by atoms with E-state index in [1.165, 1.54) is 16.7 Å². The van der Waals surface area contributed by atoms with Gasteiger partial charge in [-0.05, 0) is 61.2 Å². The Morgan fingerprint density at radius 1 is 1.05 bits per heavy atom. The topological polar surface area (TPSA) is 12.0 Å². The first-order valence-corrected chi connectivity index (χ1v) is 8.45. The van der Waals surface area contributed by atoms with Gasteiger partial charge in [0.2, 0.25) is 0 Å². The highest BCUT2D eigenvalue weighted by atomic mass is 79.9. The Balaban J connectivity index is 2.41. The van der Waals surface area contributed by atoms with E-state index in [9.17, 15) is 0 Å². The molecule has 0 aliphatic heterocycles. The van der Waals surface area contributed by atoms with E-state index >= 15 is 0 Å². The maximum absolute atomic E-state index is 6.30. The van der Waals surface area contributed by atoms with Crippen molar-refractivity contribution in [1.29, 1.82) is 0 Å². The molecule has 0 heterocycles. The van der Waals surface area contributed by atoms with Gasteiger partial charge in [0.05, 0.1) is 6.04 Å². The lowest BCUT2D eigenvalue weighted by atomic mass is 9.97. The molecule has 0 amide bonds. The van der Waals surface area contributed by atoms with Gasteiger partial charge in [0.15, 0.2) is 0 Å². The van der Waals surface area contributed by atoms with Gasteiger partial charge in [-0.3, -0.25) is 0 Å². The molecule has 0 bridgehead atoms. The molecule has 2 rings (SSSR count). The van der Waals surface area contributed by atoms with E-state index in [1.54, 1.807) is 0 Å². The SMILES string of the molecule is CCCNC(c1ccc(C)c(Cl)c1)c1ccc(C)c(Br)c1. The molecule has 2 aromatic rings. The van der Waals surface area contributed by atoms with Crippen molar-refractivity contribution in [1.82, 2.24) is 5.32 Å². The second kappa shape index (κ2) is 7.44. The maximum atomic E-state index is 6.30. The number of hydrogen-bond acceptors (Lipinski definition) is 1. The molecule has 0 saturated heterocycles. The summed E-state index contributed by atoms with van der Waals surface area (Å²) in [4.78, 5) is 0. The van der Waals surface area contributed by atoms with Crippen LogP contribution in [0.3, 0.4) is 0 Å². The Bertz CT molecular complexity index is 573. The summed E-state index contributed by atoms with van der Waals surface area (Å²) in [6.07, 6.45) is 1.10. The molecule has 1 nitrogen and oxygen atoms in total. The Morgan fingerprint density at radius 2 is 1.67 bits per heavy atom. The smallest absolute Gasteiger partial charge is 0.0577 e. The highest BCUT2D eigenvalue weighted by Crippen LogP contribution is 2.29. The lowest BCUT2D eigenvalue weighted by molar-refractivity contribution is 0.598. The first-order valence-electron chi connectivity index (χ1n) is 7.28. The fourth-order valence-corrected chi connectivity index (χ4v) is 2.88. The molecule has 1 unspecified atom stereocenters. The van der Waals surface area contributed by atoms with Crippen molar-refractivity contribution in [2.24, 2.45) is 0 Å². The molecule has 3 heteroatoms. The van der Waals surface area contributed by atoms with Crippen LogP contribution in [0.15, 0.2) is 40.9 Å². The second-order valence-electron chi connectivity index (χ2n) is 5.40. The first-order chi connectivity index (χ1) is 10.0. The van der Waals surface area contributed by atoms with Crippen molar-refractivity contribution >= 4 is 27.5 Å². The highest BCUT2D eigenvalue weighted by Gasteiger charge is 2.15. The summed E-state index contributed by atoms with van der Waals surface area (Å²) in [5, 5.41) is 4.44. The third kappa shape index (κ3) is 4.09. The molecule has 0 aromatic heterocycles. The van der Waals surface area contributed by atoms with Crippen molar-refractivity contribution in [2.45, 2.75) is 33.2 Å². The zero-order valence-electron chi connectivity index (χ0n) is 12.7. The van der Waals surface area contributed by atoms with E-state index in [0.717, 1.165) is 28.0 Å². The van der Waals surface area contributed by atoms with Crippen LogP contribution in [0.2, 0.25) is 5.02 Å². The second-order valence-corrected chi connectivity index (χ2v) is 6.67. The lowest BCUT2D eigenvalue weighted by Crippen LogP contribution is -2.23. The minimum atomic E-state index is 0.167. The molecule has 1 N–H and O–H groups in total. The van der Waals surface area contributed by atoms with Gasteiger partial charge in [0.1, 0.15) is 0 Å². The van der Waals surface area contributed by atoms with Crippen molar-refractivity contribution < 1.29 is 0 Å². The van der Waals surface area contributed by atoms with Crippen LogP contribution in [0.5, 0.6) is 0 Å². The van der Waals surface area contributed by atoms with Crippen LogP contribution in [0, 0.1) is 13.8 Å². The van der Waals surface area contributed by atoms with Crippen LogP contribution >= 0.6 is 27.5 Å². The first kappa shape index (κ1) is 16.5. The Hall–Kier alpha value is -0.830. The predicted molar refractivity (Wildman–Crippen MR) is 95.2 cm³/mol. The summed E-state index contributed by atoms with van der Waals surface area (Å²) in [5.41, 5.74) is 4.81. The standard InChI is InChI=1S/C18H21BrClN/c1-4-9-21-18(14-7-5-12(2)16(19)10-14)15-8-6-13(3)17(20)11-15/h5-8,10-11,18,21H,4,9H2,1-3H3. The van der Waals surface area contributed by atoms with E-state index in [-0.39, 0.29) is 6.04 Å². The monoisotopic (exact) mass is 365 g/mol. The van der Waals surface area contributed by atoms with Crippen molar-refractivity contribution in [3.63, 3.8) is 0 Å². The predicted octanol–water partition coefficient (Wildman–Crippen LogP) is 5.81. The van der Waals surface area contributed by atoms with Crippen LogP contribution in [0.4, 0.5) is 0 Å². The third-order valence-electron chi connectivity index (χ3n) is 3.66. The lowest BCUT2D eigenvalue weighted by Gasteiger charge is -2.21. The van der Waals surface area contributed by atoms with Crippen molar-refractivity contribution in [3.05, 3.63) is 68.1 Å². The molecule has 0 radical (unpaired) electrons. The number of nitrogens with one attached hydrogen (secondary N) is 1. The quantitative estimate of drug-likeness (QED) is 0.704. The van der Waals surface area contributed by atoms with Gasteiger partial charge in [0.25, 0.3) is 0 Å². The normalized spacial score (nSPS) is 12.4. The van der Waals surface area contributed by atoms with Gasteiger partial charge in [-0.15, -0.1) is 0 Å². The van der Waals surface area contributed by atoms with E-state index < -0.39 is 0 Å². The van der Waals surface area contributed by atoms with E-state index in [4.69, 9.17) is 11.6 Å². The van der Waals surface area contributed by atoms with Crippen LogP contribution in [-0.2, 0) is 0 Å². The maximum Gasteiger partial charge on any atom is 0.0577 e. The third-order valence-corrected chi connectivity index (χ3v) is 4.92. The van der Waals surface area contributed by atoms with Crippen LogP contribution < -0.4 is 5.32 Å². The fraction of sp³-hybridized carbons (Fsp3) is 0.333. The number of benzene rings is 2. The largest absolute Gasteiger partial charge is 0.306 e. The molecule has 0 spiro atoms. The minimum Gasteiger partial charge on any atom is -0.306 e. The number of halogens is 2.